The Hall–Kier alpha value is -2.95. The predicted molar refractivity (Wildman–Crippen MR) is 121 cm³/mol. The zero-order valence-electron chi connectivity index (χ0n) is 18.1. The van der Waals surface area contributed by atoms with Gasteiger partial charge in [0.2, 0.25) is 11.8 Å². The monoisotopic (exact) mass is 422 g/mol. The number of carbonyl (C=O) groups is 2. The van der Waals surface area contributed by atoms with E-state index in [9.17, 15) is 14.0 Å². The van der Waals surface area contributed by atoms with Crippen LogP contribution in [-0.2, 0) is 22.6 Å². The zero-order chi connectivity index (χ0) is 22.1. The van der Waals surface area contributed by atoms with Crippen molar-refractivity contribution < 1.29 is 14.0 Å². The Bertz CT molecular complexity index is 893. The maximum Gasteiger partial charge on any atom is 0.243 e. The lowest BCUT2D eigenvalue weighted by Crippen LogP contribution is -2.50. The number of nitrogens with one attached hydrogen (secondary N) is 1. The lowest BCUT2D eigenvalue weighted by atomic mass is 9.97. The summed E-state index contributed by atoms with van der Waals surface area (Å²) in [7, 11) is 0. The first-order valence-electron chi connectivity index (χ1n) is 11.0. The molecule has 0 unspecified atom stereocenters. The number of carbonyl (C=O) groups excluding carboxylic acids is 2. The zero-order valence-corrected chi connectivity index (χ0v) is 18.1. The molecule has 2 amide bonds. The first-order chi connectivity index (χ1) is 15.0. The molecule has 0 spiro atoms. The summed E-state index contributed by atoms with van der Waals surface area (Å²) in [5.74, 6) is -0.665. The summed E-state index contributed by atoms with van der Waals surface area (Å²) >= 11 is 0. The van der Waals surface area contributed by atoms with E-state index in [1.165, 1.54) is 37.5 Å². The average molecular weight is 423 g/mol. The number of rotatable bonds is 9. The molecule has 1 atom stereocenters. The number of hydrogen-bond donors (Lipinski definition) is 1. The van der Waals surface area contributed by atoms with Gasteiger partial charge in [0.05, 0.1) is 0 Å². The average Bonchev–Trinajstić information content (AvgIpc) is 2.78. The molecular formula is C26H31FN2O2. The summed E-state index contributed by atoms with van der Waals surface area (Å²) in [4.78, 5) is 27.3. The predicted octanol–water partition coefficient (Wildman–Crippen LogP) is 4.79. The lowest BCUT2D eigenvalue weighted by Gasteiger charge is -2.30. The van der Waals surface area contributed by atoms with Crippen LogP contribution in [0.3, 0.4) is 0 Å². The Morgan fingerprint density at radius 3 is 2.42 bits per heavy atom. The maximum atomic E-state index is 13.3. The molecule has 2 aromatic rings. The van der Waals surface area contributed by atoms with E-state index < -0.39 is 6.04 Å². The number of hydrogen-bond acceptors (Lipinski definition) is 2. The highest BCUT2D eigenvalue weighted by atomic mass is 19.1. The van der Waals surface area contributed by atoms with Crippen LogP contribution in [0.5, 0.6) is 0 Å². The molecule has 164 valence electrons. The minimum absolute atomic E-state index is 0.155. The van der Waals surface area contributed by atoms with Gasteiger partial charge in [-0.25, -0.2) is 4.39 Å². The van der Waals surface area contributed by atoms with Gasteiger partial charge in [0.15, 0.2) is 0 Å². The second kappa shape index (κ2) is 11.4. The van der Waals surface area contributed by atoms with Crippen LogP contribution in [0.4, 0.5) is 4.39 Å². The van der Waals surface area contributed by atoms with E-state index in [1.807, 2.05) is 30.3 Å². The first-order valence-corrected chi connectivity index (χ1v) is 11.0. The minimum Gasteiger partial charge on any atom is -0.354 e. The molecule has 1 aliphatic carbocycles. The van der Waals surface area contributed by atoms with Crippen LogP contribution in [0.1, 0.15) is 50.2 Å². The van der Waals surface area contributed by atoms with Crippen molar-refractivity contribution in [3.63, 3.8) is 0 Å². The van der Waals surface area contributed by atoms with E-state index in [4.69, 9.17) is 0 Å². The van der Waals surface area contributed by atoms with E-state index in [-0.39, 0.29) is 24.2 Å². The molecule has 31 heavy (non-hydrogen) atoms. The van der Waals surface area contributed by atoms with E-state index in [1.54, 1.807) is 17.0 Å². The first kappa shape index (κ1) is 22.7. The molecule has 0 saturated carbocycles. The highest BCUT2D eigenvalue weighted by Crippen LogP contribution is 2.20. The van der Waals surface area contributed by atoms with Gasteiger partial charge >= 0.3 is 0 Å². The van der Waals surface area contributed by atoms with Gasteiger partial charge in [0.1, 0.15) is 11.9 Å². The number of allylic oxidation sites excluding steroid dienone is 1. The molecular weight excluding hydrogens is 391 g/mol. The molecule has 5 heteroatoms. The molecule has 0 bridgehead atoms. The fraction of sp³-hybridized carbons (Fsp3) is 0.385. The van der Waals surface area contributed by atoms with E-state index >= 15 is 0 Å². The van der Waals surface area contributed by atoms with Crippen molar-refractivity contribution in [1.82, 2.24) is 10.2 Å². The van der Waals surface area contributed by atoms with Crippen molar-refractivity contribution in [1.29, 1.82) is 0 Å². The van der Waals surface area contributed by atoms with Gasteiger partial charge < -0.3 is 10.2 Å². The Morgan fingerprint density at radius 1 is 1.03 bits per heavy atom. The van der Waals surface area contributed by atoms with Crippen LogP contribution in [0.15, 0.2) is 66.2 Å². The highest BCUT2D eigenvalue weighted by Gasteiger charge is 2.28. The molecule has 2 aromatic carbocycles. The molecule has 1 aliphatic rings. The molecule has 1 N–H and O–H groups in total. The Labute approximate surface area is 184 Å². The summed E-state index contributed by atoms with van der Waals surface area (Å²) in [6.07, 6.45) is 8.24. The van der Waals surface area contributed by atoms with Crippen molar-refractivity contribution in [3.8, 4) is 0 Å². The third-order valence-corrected chi connectivity index (χ3v) is 5.75. The van der Waals surface area contributed by atoms with Crippen molar-refractivity contribution in [2.45, 2.75) is 58.0 Å². The topological polar surface area (TPSA) is 49.4 Å². The van der Waals surface area contributed by atoms with Crippen LogP contribution in [0.2, 0.25) is 0 Å². The molecule has 0 saturated heterocycles. The van der Waals surface area contributed by atoms with Crippen molar-refractivity contribution in [2.24, 2.45) is 0 Å². The third-order valence-electron chi connectivity index (χ3n) is 5.75. The summed E-state index contributed by atoms with van der Waals surface area (Å²) in [6, 6.07) is 15.1. The Balaban J connectivity index is 1.73. The molecule has 0 aliphatic heterocycles. The number of amides is 2. The van der Waals surface area contributed by atoms with E-state index in [0.29, 0.717) is 13.0 Å². The summed E-state index contributed by atoms with van der Waals surface area (Å²) in [5.41, 5.74) is 3.18. The highest BCUT2D eigenvalue weighted by molar-refractivity contribution is 5.87. The molecule has 4 nitrogen and oxygen atoms in total. The van der Waals surface area contributed by atoms with Crippen LogP contribution in [0.25, 0.3) is 0 Å². The van der Waals surface area contributed by atoms with Gasteiger partial charge in [-0.05, 0) is 55.4 Å². The fourth-order valence-corrected chi connectivity index (χ4v) is 4.01. The van der Waals surface area contributed by atoms with Crippen molar-refractivity contribution >= 4 is 11.8 Å². The molecule has 0 radical (unpaired) electrons. The largest absolute Gasteiger partial charge is 0.354 e. The van der Waals surface area contributed by atoms with Crippen molar-refractivity contribution in [3.05, 3.63) is 83.2 Å². The van der Waals surface area contributed by atoms with Crippen molar-refractivity contribution in [2.75, 3.05) is 6.54 Å². The molecule has 0 heterocycles. The molecule has 0 fully saturated rings. The fourth-order valence-electron chi connectivity index (χ4n) is 4.01. The Morgan fingerprint density at radius 2 is 1.77 bits per heavy atom. The molecule has 0 aromatic heterocycles. The van der Waals surface area contributed by atoms with Crippen LogP contribution in [0, 0.1) is 5.82 Å². The van der Waals surface area contributed by atoms with Crippen LogP contribution < -0.4 is 5.32 Å². The summed E-state index contributed by atoms with van der Waals surface area (Å²) in [6.45, 7) is 2.30. The van der Waals surface area contributed by atoms with Gasteiger partial charge in [-0.15, -0.1) is 0 Å². The third kappa shape index (κ3) is 7.06. The number of halogens is 1. The van der Waals surface area contributed by atoms with Gasteiger partial charge in [-0.3, -0.25) is 9.59 Å². The van der Waals surface area contributed by atoms with Gasteiger partial charge in [0.25, 0.3) is 0 Å². The minimum atomic E-state index is -0.634. The SMILES string of the molecule is CC(=O)N(Cc1ccc(F)cc1)[C@H](Cc1ccccc1)C(=O)NCCC1=CCCCC1. The van der Waals surface area contributed by atoms with Gasteiger partial charge in [-0.2, -0.15) is 0 Å². The number of benzene rings is 2. The van der Waals surface area contributed by atoms with Crippen LogP contribution >= 0.6 is 0 Å². The smallest absolute Gasteiger partial charge is 0.243 e. The second-order valence-corrected chi connectivity index (χ2v) is 8.13. The van der Waals surface area contributed by atoms with E-state index in [0.717, 1.165) is 30.4 Å². The number of nitrogens with zero attached hydrogens (tertiary/aromatic N) is 1. The second-order valence-electron chi connectivity index (χ2n) is 8.13. The van der Waals surface area contributed by atoms with Gasteiger partial charge in [-0.1, -0.05) is 54.1 Å². The quantitative estimate of drug-likeness (QED) is 0.591. The lowest BCUT2D eigenvalue weighted by molar-refractivity contribution is -0.139. The standard InChI is InChI=1S/C26H31FN2O2/c1-20(30)29(19-23-12-14-24(27)15-13-23)25(18-22-10-6-3-7-11-22)26(31)28-17-16-21-8-4-2-5-9-21/h3,6-8,10-15,25H,2,4-5,9,16-19H2,1H3,(H,28,31)/t25-/m1/s1. The van der Waals surface area contributed by atoms with Crippen LogP contribution in [-0.4, -0.2) is 29.3 Å². The molecule has 3 rings (SSSR count). The maximum absolute atomic E-state index is 13.3. The summed E-state index contributed by atoms with van der Waals surface area (Å²) in [5, 5.41) is 3.05. The normalized spacial score (nSPS) is 14.5. The summed E-state index contributed by atoms with van der Waals surface area (Å²) < 4.78 is 13.3. The Kier molecular flexibility index (Phi) is 8.39. The van der Waals surface area contributed by atoms with Gasteiger partial charge in [0, 0.05) is 26.4 Å². The van der Waals surface area contributed by atoms with E-state index in [2.05, 4.69) is 11.4 Å².